The molecule has 0 unspecified atom stereocenters. The van der Waals surface area contributed by atoms with E-state index in [2.05, 4.69) is 10.0 Å². The van der Waals surface area contributed by atoms with Crippen molar-refractivity contribution in [3.8, 4) is 5.75 Å². The highest BCUT2D eigenvalue weighted by Crippen LogP contribution is 2.24. The number of hydrogen-bond acceptors (Lipinski definition) is 6. The lowest BCUT2D eigenvalue weighted by atomic mass is 10.2. The number of rotatable bonds is 10. The first-order chi connectivity index (χ1) is 18.0. The highest BCUT2D eigenvalue weighted by atomic mass is 35.5. The van der Waals surface area contributed by atoms with Gasteiger partial charge in [-0.05, 0) is 79.4 Å². The number of anilines is 1. The minimum Gasteiger partial charge on any atom is -0.484 e. The zero-order valence-electron chi connectivity index (χ0n) is 20.7. The molecule has 3 aromatic carbocycles. The van der Waals surface area contributed by atoms with Crippen LogP contribution >= 0.6 is 11.6 Å². The van der Waals surface area contributed by atoms with Crippen molar-refractivity contribution in [1.82, 2.24) is 9.62 Å². The Morgan fingerprint density at radius 3 is 2.18 bits per heavy atom. The molecule has 0 aliphatic carbocycles. The summed E-state index contributed by atoms with van der Waals surface area (Å²) in [6.07, 6.45) is 1.74. The Balaban J connectivity index is 1.26. The van der Waals surface area contributed by atoms with E-state index in [9.17, 15) is 21.6 Å². The Kier molecular flexibility index (Phi) is 8.61. The standard InChI is InChI=1S/C26H28ClN3O6S2/c1-19-4-7-21(16-25(19)27)29-37(32,33)23-12-8-22(9-13-23)36-18-26(31)28-17-20-5-10-24(11-6-20)38(34,35)30-14-2-3-15-30/h4-13,16,29H,2-3,14-15,17-18H2,1H3,(H,28,31). The number of benzene rings is 3. The van der Waals surface area contributed by atoms with Crippen LogP contribution in [0.2, 0.25) is 5.02 Å². The molecule has 0 aromatic heterocycles. The molecule has 0 saturated carbocycles. The van der Waals surface area contributed by atoms with Crippen molar-refractivity contribution >= 4 is 43.2 Å². The van der Waals surface area contributed by atoms with Crippen molar-refractivity contribution in [2.45, 2.75) is 36.1 Å². The molecule has 202 valence electrons. The molecular weight excluding hydrogens is 550 g/mol. The van der Waals surface area contributed by atoms with Gasteiger partial charge in [-0.1, -0.05) is 29.8 Å². The van der Waals surface area contributed by atoms with Gasteiger partial charge in [0.15, 0.2) is 6.61 Å². The molecule has 2 N–H and O–H groups in total. The summed E-state index contributed by atoms with van der Waals surface area (Å²) >= 11 is 6.06. The molecule has 0 atom stereocenters. The van der Waals surface area contributed by atoms with E-state index >= 15 is 0 Å². The molecule has 1 fully saturated rings. The van der Waals surface area contributed by atoms with Crippen LogP contribution in [0.3, 0.4) is 0 Å². The van der Waals surface area contributed by atoms with Crippen molar-refractivity contribution in [1.29, 1.82) is 0 Å². The van der Waals surface area contributed by atoms with Crippen LogP contribution in [-0.2, 0) is 31.4 Å². The molecule has 4 rings (SSSR count). The van der Waals surface area contributed by atoms with Crippen molar-refractivity contribution in [2.24, 2.45) is 0 Å². The molecule has 12 heteroatoms. The zero-order chi connectivity index (χ0) is 27.3. The Morgan fingerprint density at radius 1 is 0.921 bits per heavy atom. The fourth-order valence-corrected chi connectivity index (χ4v) is 6.59. The van der Waals surface area contributed by atoms with Crippen molar-refractivity contribution in [2.75, 3.05) is 24.4 Å². The van der Waals surface area contributed by atoms with Crippen LogP contribution in [0.4, 0.5) is 5.69 Å². The number of nitrogens with zero attached hydrogens (tertiary/aromatic N) is 1. The number of carbonyl (C=O) groups is 1. The van der Waals surface area contributed by atoms with Crippen LogP contribution in [-0.4, -0.2) is 46.7 Å². The topological polar surface area (TPSA) is 122 Å². The summed E-state index contributed by atoms with van der Waals surface area (Å²) in [5, 5.41) is 3.17. The molecule has 1 aliphatic rings. The van der Waals surface area contributed by atoms with E-state index in [-0.39, 0.29) is 28.8 Å². The number of hydrogen-bond donors (Lipinski definition) is 2. The van der Waals surface area contributed by atoms with Gasteiger partial charge < -0.3 is 10.1 Å². The average molecular weight is 578 g/mol. The maximum atomic E-state index is 12.6. The van der Waals surface area contributed by atoms with Gasteiger partial charge in [0.2, 0.25) is 10.0 Å². The van der Waals surface area contributed by atoms with Crippen LogP contribution in [0.5, 0.6) is 5.75 Å². The molecule has 1 heterocycles. The minimum atomic E-state index is -3.83. The Bertz CT molecular complexity index is 1500. The molecule has 0 bridgehead atoms. The lowest BCUT2D eigenvalue weighted by molar-refractivity contribution is -0.123. The number of amides is 1. The summed E-state index contributed by atoms with van der Waals surface area (Å²) in [7, 11) is -7.31. The highest BCUT2D eigenvalue weighted by molar-refractivity contribution is 7.92. The predicted octanol–water partition coefficient (Wildman–Crippen LogP) is 3.93. The Labute approximate surface area is 227 Å². The van der Waals surface area contributed by atoms with Gasteiger partial charge in [-0.3, -0.25) is 9.52 Å². The third-order valence-electron chi connectivity index (χ3n) is 6.04. The van der Waals surface area contributed by atoms with Gasteiger partial charge in [0, 0.05) is 24.7 Å². The smallest absolute Gasteiger partial charge is 0.261 e. The maximum Gasteiger partial charge on any atom is 0.261 e. The number of carbonyl (C=O) groups excluding carboxylic acids is 1. The third-order valence-corrected chi connectivity index (χ3v) is 9.76. The monoisotopic (exact) mass is 577 g/mol. The van der Waals surface area contributed by atoms with E-state index in [0.717, 1.165) is 24.0 Å². The molecule has 0 radical (unpaired) electrons. The normalized spacial score (nSPS) is 14.3. The van der Waals surface area contributed by atoms with Gasteiger partial charge in [-0.25, -0.2) is 16.8 Å². The first-order valence-electron chi connectivity index (χ1n) is 11.9. The third kappa shape index (κ3) is 6.84. The van der Waals surface area contributed by atoms with Gasteiger partial charge in [0.1, 0.15) is 5.75 Å². The molecule has 38 heavy (non-hydrogen) atoms. The van der Waals surface area contributed by atoms with E-state index in [1.54, 1.807) is 36.4 Å². The van der Waals surface area contributed by atoms with Crippen LogP contribution in [0.1, 0.15) is 24.0 Å². The van der Waals surface area contributed by atoms with Gasteiger partial charge in [0.05, 0.1) is 15.5 Å². The van der Waals surface area contributed by atoms with Crippen LogP contribution in [0.25, 0.3) is 0 Å². The lowest BCUT2D eigenvalue weighted by Gasteiger charge is -2.15. The quantitative estimate of drug-likeness (QED) is 0.376. The largest absolute Gasteiger partial charge is 0.484 e. The van der Waals surface area contributed by atoms with Crippen LogP contribution < -0.4 is 14.8 Å². The van der Waals surface area contributed by atoms with E-state index in [1.165, 1.54) is 34.6 Å². The number of sulfonamides is 2. The Hall–Kier alpha value is -3.12. The number of ether oxygens (including phenoxy) is 1. The summed E-state index contributed by atoms with van der Waals surface area (Å²) in [4.78, 5) is 12.5. The SMILES string of the molecule is Cc1ccc(NS(=O)(=O)c2ccc(OCC(=O)NCc3ccc(S(=O)(=O)N4CCCC4)cc3)cc2)cc1Cl. The van der Waals surface area contributed by atoms with Crippen molar-refractivity contribution in [3.63, 3.8) is 0 Å². The van der Waals surface area contributed by atoms with Crippen molar-refractivity contribution < 1.29 is 26.4 Å². The molecule has 3 aromatic rings. The number of halogens is 1. The fourth-order valence-electron chi connectivity index (χ4n) is 3.84. The molecule has 1 saturated heterocycles. The van der Waals surface area contributed by atoms with E-state index < -0.39 is 20.0 Å². The summed E-state index contributed by atoms with van der Waals surface area (Å²) < 4.78 is 59.9. The molecular formula is C26H28ClN3O6S2. The lowest BCUT2D eigenvalue weighted by Crippen LogP contribution is -2.29. The minimum absolute atomic E-state index is 0.0289. The van der Waals surface area contributed by atoms with Gasteiger partial charge in [-0.15, -0.1) is 0 Å². The Morgan fingerprint density at radius 2 is 1.55 bits per heavy atom. The van der Waals surface area contributed by atoms with Crippen molar-refractivity contribution in [3.05, 3.63) is 82.9 Å². The number of nitrogens with one attached hydrogen (secondary N) is 2. The summed E-state index contributed by atoms with van der Waals surface area (Å²) in [6, 6.07) is 17.0. The first kappa shape index (κ1) is 27.9. The van der Waals surface area contributed by atoms with Gasteiger partial charge in [-0.2, -0.15) is 4.31 Å². The van der Waals surface area contributed by atoms with Gasteiger partial charge >= 0.3 is 0 Å². The molecule has 1 amide bonds. The second-order valence-corrected chi connectivity index (χ2v) is 12.9. The van der Waals surface area contributed by atoms with E-state index in [4.69, 9.17) is 16.3 Å². The molecule has 1 aliphatic heterocycles. The number of aryl methyl sites for hydroxylation is 1. The van der Waals surface area contributed by atoms with E-state index in [1.807, 2.05) is 6.92 Å². The predicted molar refractivity (Wildman–Crippen MR) is 145 cm³/mol. The molecule has 9 nitrogen and oxygen atoms in total. The summed E-state index contributed by atoms with van der Waals surface area (Å²) in [6.45, 7) is 2.84. The second kappa shape index (κ2) is 11.7. The van der Waals surface area contributed by atoms with Gasteiger partial charge in [0.25, 0.3) is 15.9 Å². The maximum absolute atomic E-state index is 12.6. The molecule has 0 spiro atoms. The second-order valence-electron chi connectivity index (χ2n) is 8.86. The van der Waals surface area contributed by atoms with Crippen LogP contribution in [0.15, 0.2) is 76.5 Å². The van der Waals surface area contributed by atoms with E-state index in [0.29, 0.717) is 29.5 Å². The zero-order valence-corrected chi connectivity index (χ0v) is 23.1. The first-order valence-corrected chi connectivity index (χ1v) is 15.2. The van der Waals surface area contributed by atoms with Crippen LogP contribution in [0, 0.1) is 6.92 Å². The average Bonchev–Trinajstić information content (AvgIpc) is 3.45. The summed E-state index contributed by atoms with van der Waals surface area (Å²) in [5.41, 5.74) is 1.93. The fraction of sp³-hybridized carbons (Fsp3) is 0.269. The summed E-state index contributed by atoms with van der Waals surface area (Å²) in [5.74, 6) is -0.0534. The highest BCUT2D eigenvalue weighted by Gasteiger charge is 2.26.